The fourth-order valence-corrected chi connectivity index (χ4v) is 3.20. The van der Waals surface area contributed by atoms with E-state index in [0.29, 0.717) is 17.1 Å². The number of hydrogen-bond acceptors (Lipinski definition) is 4. The van der Waals surface area contributed by atoms with Crippen LogP contribution >= 0.6 is 0 Å². The normalized spacial score (nSPS) is 14.7. The molecule has 3 heterocycles. The molecule has 3 aromatic rings. The quantitative estimate of drug-likeness (QED) is 0.795. The largest absolute Gasteiger partial charge is 0.347 e. The van der Waals surface area contributed by atoms with Crippen LogP contribution in [0.25, 0.3) is 16.9 Å². The Morgan fingerprint density at radius 2 is 2.12 bits per heavy atom. The van der Waals surface area contributed by atoms with Gasteiger partial charge in [-0.15, -0.1) is 0 Å². The van der Waals surface area contributed by atoms with Gasteiger partial charge in [0, 0.05) is 29.2 Å². The molecule has 0 unspecified atom stereocenters. The van der Waals surface area contributed by atoms with Crippen molar-refractivity contribution in [2.45, 2.75) is 39.2 Å². The minimum Gasteiger partial charge on any atom is -0.347 e. The highest BCUT2D eigenvalue weighted by Gasteiger charge is 2.39. The van der Waals surface area contributed by atoms with Gasteiger partial charge in [-0.2, -0.15) is 5.10 Å². The van der Waals surface area contributed by atoms with Gasteiger partial charge in [-0.25, -0.2) is 9.50 Å². The van der Waals surface area contributed by atoms with Crippen molar-refractivity contribution in [3.05, 3.63) is 48.0 Å². The van der Waals surface area contributed by atoms with Crippen LogP contribution in [0, 0.1) is 12.8 Å². The van der Waals surface area contributed by atoms with Gasteiger partial charge in [0.25, 0.3) is 5.91 Å². The van der Waals surface area contributed by atoms with Gasteiger partial charge in [0.05, 0.1) is 11.9 Å². The van der Waals surface area contributed by atoms with Gasteiger partial charge in [0.15, 0.2) is 5.65 Å². The zero-order valence-corrected chi connectivity index (χ0v) is 14.7. The van der Waals surface area contributed by atoms with Crippen LogP contribution in [0.15, 0.2) is 36.8 Å². The molecule has 1 aliphatic rings. The summed E-state index contributed by atoms with van der Waals surface area (Å²) in [4.78, 5) is 21.6. The molecule has 0 aromatic carbocycles. The summed E-state index contributed by atoms with van der Waals surface area (Å²) >= 11 is 0. The van der Waals surface area contributed by atoms with E-state index in [-0.39, 0.29) is 11.4 Å². The Kier molecular flexibility index (Phi) is 3.56. The topological polar surface area (TPSA) is 72.2 Å². The van der Waals surface area contributed by atoms with Gasteiger partial charge < -0.3 is 5.32 Å². The van der Waals surface area contributed by atoms with Crippen molar-refractivity contribution in [3.63, 3.8) is 0 Å². The van der Waals surface area contributed by atoms with E-state index in [0.717, 1.165) is 17.0 Å². The molecule has 0 saturated heterocycles. The molecule has 6 nitrogen and oxygen atoms in total. The number of carbonyl (C=O) groups is 1. The third-order valence-corrected chi connectivity index (χ3v) is 4.89. The van der Waals surface area contributed by atoms with Crippen molar-refractivity contribution in [3.8, 4) is 11.3 Å². The molecular weight excluding hydrogens is 314 g/mol. The van der Waals surface area contributed by atoms with Crippen LogP contribution in [0.4, 0.5) is 0 Å². The van der Waals surface area contributed by atoms with Crippen molar-refractivity contribution in [2.75, 3.05) is 0 Å². The first-order valence-corrected chi connectivity index (χ1v) is 8.54. The number of carbonyl (C=O) groups excluding carboxylic acids is 1. The first-order chi connectivity index (χ1) is 12.0. The minimum atomic E-state index is -0.207. The first-order valence-electron chi connectivity index (χ1n) is 8.54. The van der Waals surface area contributed by atoms with E-state index >= 15 is 0 Å². The van der Waals surface area contributed by atoms with Crippen molar-refractivity contribution in [2.24, 2.45) is 5.92 Å². The maximum absolute atomic E-state index is 12.8. The number of fused-ring (bicyclic) bond motifs is 1. The Bertz CT molecular complexity index is 941. The van der Waals surface area contributed by atoms with Crippen LogP contribution in [0.1, 0.15) is 42.7 Å². The highest BCUT2D eigenvalue weighted by molar-refractivity contribution is 6.00. The minimum absolute atomic E-state index is 0.123. The number of rotatable bonds is 4. The molecule has 1 aliphatic carbocycles. The molecular formula is C19H21N5O. The maximum Gasteiger partial charge on any atom is 0.257 e. The number of aromatic nitrogens is 4. The molecule has 6 heteroatoms. The van der Waals surface area contributed by atoms with E-state index in [9.17, 15) is 4.79 Å². The second kappa shape index (κ2) is 5.65. The monoisotopic (exact) mass is 335 g/mol. The second-order valence-corrected chi connectivity index (χ2v) is 7.27. The smallest absolute Gasteiger partial charge is 0.257 e. The zero-order chi connectivity index (χ0) is 17.6. The number of amides is 1. The Hall–Kier alpha value is -2.76. The van der Waals surface area contributed by atoms with Gasteiger partial charge in [-0.05, 0) is 57.7 Å². The van der Waals surface area contributed by atoms with Gasteiger partial charge in [0.1, 0.15) is 5.56 Å². The van der Waals surface area contributed by atoms with Gasteiger partial charge in [0.2, 0.25) is 0 Å². The summed E-state index contributed by atoms with van der Waals surface area (Å²) < 4.78 is 1.71. The average Bonchev–Trinajstić information content (AvgIpc) is 3.36. The average molecular weight is 335 g/mol. The van der Waals surface area contributed by atoms with E-state index in [4.69, 9.17) is 0 Å². The third-order valence-electron chi connectivity index (χ3n) is 4.89. The second-order valence-electron chi connectivity index (χ2n) is 7.27. The lowest BCUT2D eigenvalue weighted by molar-refractivity contribution is 0.0905. The number of hydrogen-bond donors (Lipinski definition) is 1. The maximum atomic E-state index is 12.8. The predicted molar refractivity (Wildman–Crippen MR) is 95.2 cm³/mol. The number of pyridine rings is 1. The van der Waals surface area contributed by atoms with E-state index < -0.39 is 0 Å². The molecule has 0 radical (unpaired) electrons. The summed E-state index contributed by atoms with van der Waals surface area (Å²) in [7, 11) is 0. The summed E-state index contributed by atoms with van der Waals surface area (Å²) in [5.41, 5.74) is 3.49. The molecule has 1 N–H and O–H groups in total. The SMILES string of the molecule is Cc1cc(-c2cccnc2)nc2c(C(=O)NC(C)(C)C3CC3)cnn12. The molecule has 0 atom stereocenters. The summed E-state index contributed by atoms with van der Waals surface area (Å²) in [5, 5.41) is 7.49. The van der Waals surface area contributed by atoms with Crippen molar-refractivity contribution >= 4 is 11.6 Å². The van der Waals surface area contributed by atoms with Crippen LogP contribution in [0.2, 0.25) is 0 Å². The highest BCUT2D eigenvalue weighted by Crippen LogP contribution is 2.39. The van der Waals surface area contributed by atoms with Crippen LogP contribution in [-0.4, -0.2) is 31.0 Å². The molecule has 0 aliphatic heterocycles. The Balaban J connectivity index is 1.75. The Morgan fingerprint density at radius 1 is 1.32 bits per heavy atom. The standard InChI is InChI=1S/C19H21N5O/c1-12-9-16(13-5-4-8-20-10-13)22-17-15(11-21-24(12)17)18(25)23-19(2,3)14-6-7-14/h4-5,8-11,14H,6-7H2,1-3H3,(H,23,25). The van der Waals surface area contributed by atoms with Crippen LogP contribution in [-0.2, 0) is 0 Å². The molecule has 128 valence electrons. The molecule has 1 fully saturated rings. The number of nitrogens with one attached hydrogen (secondary N) is 1. The van der Waals surface area contributed by atoms with Crippen LogP contribution in [0.3, 0.4) is 0 Å². The van der Waals surface area contributed by atoms with E-state index in [1.807, 2.05) is 25.1 Å². The molecule has 1 amide bonds. The third kappa shape index (κ3) is 2.88. The molecule has 0 bridgehead atoms. The molecule has 1 saturated carbocycles. The summed E-state index contributed by atoms with van der Waals surface area (Å²) in [5.74, 6) is 0.432. The van der Waals surface area contributed by atoms with Gasteiger partial charge in [-0.1, -0.05) is 0 Å². The number of nitrogens with zero attached hydrogens (tertiary/aromatic N) is 4. The van der Waals surface area contributed by atoms with Gasteiger partial charge >= 0.3 is 0 Å². The molecule has 0 spiro atoms. The fourth-order valence-electron chi connectivity index (χ4n) is 3.20. The van der Waals surface area contributed by atoms with Crippen molar-refractivity contribution < 1.29 is 4.79 Å². The van der Waals surface area contributed by atoms with Crippen molar-refractivity contribution in [1.82, 2.24) is 24.9 Å². The summed E-state index contributed by atoms with van der Waals surface area (Å²) in [6, 6.07) is 5.78. The van der Waals surface area contributed by atoms with E-state index in [1.54, 1.807) is 23.1 Å². The van der Waals surface area contributed by atoms with Gasteiger partial charge in [-0.3, -0.25) is 9.78 Å². The molecule has 25 heavy (non-hydrogen) atoms. The Morgan fingerprint density at radius 3 is 2.80 bits per heavy atom. The van der Waals surface area contributed by atoms with E-state index in [1.165, 1.54) is 12.8 Å². The zero-order valence-electron chi connectivity index (χ0n) is 14.7. The van der Waals surface area contributed by atoms with E-state index in [2.05, 4.69) is 34.2 Å². The van der Waals surface area contributed by atoms with Crippen LogP contribution in [0.5, 0.6) is 0 Å². The first kappa shape index (κ1) is 15.7. The highest BCUT2D eigenvalue weighted by atomic mass is 16.1. The summed E-state index contributed by atoms with van der Waals surface area (Å²) in [6.45, 7) is 6.11. The lowest BCUT2D eigenvalue weighted by Gasteiger charge is -2.25. The van der Waals surface area contributed by atoms with Crippen molar-refractivity contribution in [1.29, 1.82) is 0 Å². The molecule has 4 rings (SSSR count). The lowest BCUT2D eigenvalue weighted by atomic mass is 9.98. The van der Waals surface area contributed by atoms with Crippen LogP contribution < -0.4 is 5.32 Å². The predicted octanol–water partition coefficient (Wildman–Crippen LogP) is 3.02. The lowest BCUT2D eigenvalue weighted by Crippen LogP contribution is -2.45. The Labute approximate surface area is 146 Å². The fraction of sp³-hybridized carbons (Fsp3) is 0.368. The number of aryl methyl sites for hydroxylation is 1. The summed E-state index contributed by atoms with van der Waals surface area (Å²) in [6.07, 6.45) is 7.44. The molecule has 3 aromatic heterocycles.